The van der Waals surface area contributed by atoms with Gasteiger partial charge in [-0.1, -0.05) is 6.42 Å². The highest BCUT2D eigenvalue weighted by Crippen LogP contribution is 2.35. The van der Waals surface area contributed by atoms with Crippen LogP contribution in [0.4, 0.5) is 0 Å². The lowest BCUT2D eigenvalue weighted by Crippen LogP contribution is -2.49. The normalized spacial score (nSPS) is 31.3. The number of thiocarbonyl (C=S) groups is 1. The Balaban J connectivity index is 2.06. The van der Waals surface area contributed by atoms with Gasteiger partial charge in [-0.3, -0.25) is 4.79 Å². The zero-order chi connectivity index (χ0) is 13.8. The van der Waals surface area contributed by atoms with Crippen LogP contribution in [0.5, 0.6) is 0 Å². The summed E-state index contributed by atoms with van der Waals surface area (Å²) in [6, 6.07) is 0.300. The minimum atomic E-state index is -0.208. The van der Waals surface area contributed by atoms with E-state index in [1.807, 2.05) is 0 Å². The largest absolute Gasteiger partial charge is 0.370 e. The molecule has 1 saturated heterocycles. The zero-order valence-corrected chi connectivity index (χ0v) is 12.7. The first-order chi connectivity index (χ1) is 9.11. The van der Waals surface area contributed by atoms with Crippen LogP contribution in [0, 0.1) is 11.8 Å². The molecule has 1 aliphatic carbocycles. The quantitative estimate of drug-likeness (QED) is 0.610. The lowest BCUT2D eigenvalue weighted by Gasteiger charge is -2.37. The molecule has 1 heterocycles. The van der Waals surface area contributed by atoms with Crippen molar-refractivity contribution in [2.24, 2.45) is 17.6 Å². The van der Waals surface area contributed by atoms with Crippen molar-refractivity contribution < 1.29 is 4.79 Å². The first-order valence-corrected chi connectivity index (χ1v) is 7.95. The van der Waals surface area contributed by atoms with Crippen molar-refractivity contribution in [1.82, 2.24) is 10.2 Å². The van der Waals surface area contributed by atoms with E-state index in [1.54, 1.807) is 0 Å². The van der Waals surface area contributed by atoms with E-state index in [0.717, 1.165) is 31.0 Å². The molecule has 0 aromatic rings. The molecule has 6 heteroatoms. The highest BCUT2D eigenvalue weighted by Gasteiger charge is 2.36. The van der Waals surface area contributed by atoms with Crippen LogP contribution in [-0.2, 0) is 4.79 Å². The van der Waals surface area contributed by atoms with Crippen molar-refractivity contribution in [3.8, 4) is 0 Å². The van der Waals surface area contributed by atoms with Gasteiger partial charge >= 0.3 is 0 Å². The van der Waals surface area contributed by atoms with Crippen LogP contribution in [0.15, 0.2) is 0 Å². The molecule has 0 spiro atoms. The molecule has 1 amide bonds. The molecule has 2 rings (SSSR count). The maximum Gasteiger partial charge on any atom is 0.217 e. The molecule has 1 aliphatic heterocycles. The Labute approximate surface area is 125 Å². The summed E-state index contributed by atoms with van der Waals surface area (Å²) in [4.78, 5) is 13.4. The average molecular weight is 304 g/mol. The number of fused-ring (bicyclic) bond motifs is 1. The van der Waals surface area contributed by atoms with Crippen molar-refractivity contribution in [3.05, 3.63) is 0 Å². The van der Waals surface area contributed by atoms with E-state index in [9.17, 15) is 4.79 Å². The van der Waals surface area contributed by atoms with E-state index < -0.39 is 0 Å². The van der Waals surface area contributed by atoms with Gasteiger partial charge in [0.2, 0.25) is 5.91 Å². The molecule has 3 N–H and O–H groups in total. The Morgan fingerprint density at radius 1 is 1.47 bits per heavy atom. The van der Waals surface area contributed by atoms with Crippen LogP contribution >= 0.6 is 23.8 Å². The second-order valence-corrected chi connectivity index (χ2v) is 6.33. The number of hydrogen-bond acceptors (Lipinski definition) is 2. The van der Waals surface area contributed by atoms with Gasteiger partial charge in [0.05, 0.1) is 0 Å². The van der Waals surface area contributed by atoms with Crippen molar-refractivity contribution in [2.75, 3.05) is 19.0 Å². The number of nitrogens with two attached hydrogens (primary N) is 1. The second kappa shape index (κ2) is 6.75. The van der Waals surface area contributed by atoms with Gasteiger partial charge in [-0.2, -0.15) is 0 Å². The lowest BCUT2D eigenvalue weighted by molar-refractivity contribution is -0.119. The molecular weight excluding hydrogens is 282 g/mol. The lowest BCUT2D eigenvalue weighted by atomic mass is 9.74. The summed E-state index contributed by atoms with van der Waals surface area (Å²) >= 11 is 11.3. The zero-order valence-electron chi connectivity index (χ0n) is 11.1. The monoisotopic (exact) mass is 303 g/mol. The highest BCUT2D eigenvalue weighted by molar-refractivity contribution is 7.80. The number of carbonyl (C=O) groups is 1. The van der Waals surface area contributed by atoms with Gasteiger partial charge in [0.15, 0.2) is 5.11 Å². The maximum absolute atomic E-state index is 11.2. The SMILES string of the molecule is NC(=O)CC1CCCC2CCN(CCCl)C(=S)NC21. The van der Waals surface area contributed by atoms with E-state index in [4.69, 9.17) is 29.6 Å². The van der Waals surface area contributed by atoms with Gasteiger partial charge in [-0.15, -0.1) is 11.6 Å². The Morgan fingerprint density at radius 3 is 2.95 bits per heavy atom. The molecule has 3 atom stereocenters. The smallest absolute Gasteiger partial charge is 0.217 e. The maximum atomic E-state index is 11.2. The summed E-state index contributed by atoms with van der Waals surface area (Å²) in [5.41, 5.74) is 5.37. The van der Waals surface area contributed by atoms with Crippen molar-refractivity contribution in [2.45, 2.75) is 38.1 Å². The number of alkyl halides is 1. The summed E-state index contributed by atoms with van der Waals surface area (Å²) < 4.78 is 0. The number of rotatable bonds is 4. The number of primary amides is 1. The molecule has 3 unspecified atom stereocenters. The van der Waals surface area contributed by atoms with E-state index in [0.29, 0.717) is 30.2 Å². The fraction of sp³-hybridized carbons (Fsp3) is 0.846. The molecule has 1 saturated carbocycles. The third kappa shape index (κ3) is 3.72. The molecule has 2 aliphatic rings. The number of carbonyl (C=O) groups excluding carboxylic acids is 1. The first kappa shape index (κ1) is 14.9. The van der Waals surface area contributed by atoms with Gasteiger partial charge in [-0.05, 0) is 43.3 Å². The second-order valence-electron chi connectivity index (χ2n) is 5.56. The van der Waals surface area contributed by atoms with Crippen LogP contribution in [0.25, 0.3) is 0 Å². The highest BCUT2D eigenvalue weighted by atomic mass is 35.5. The molecule has 4 nitrogen and oxygen atoms in total. The van der Waals surface area contributed by atoms with Crippen LogP contribution in [0.2, 0.25) is 0 Å². The van der Waals surface area contributed by atoms with Crippen LogP contribution in [0.3, 0.4) is 0 Å². The summed E-state index contributed by atoms with van der Waals surface area (Å²) in [5, 5.41) is 4.24. The molecule has 0 radical (unpaired) electrons. The average Bonchev–Trinajstić information content (AvgIpc) is 2.51. The molecule has 2 fully saturated rings. The number of halogens is 1. The Kier molecular flexibility index (Phi) is 5.28. The number of nitrogens with zero attached hydrogens (tertiary/aromatic N) is 1. The van der Waals surface area contributed by atoms with E-state index in [2.05, 4.69) is 10.2 Å². The van der Waals surface area contributed by atoms with Crippen molar-refractivity contribution >= 4 is 34.8 Å². The molecule has 19 heavy (non-hydrogen) atoms. The Hall–Kier alpha value is -0.550. The molecule has 0 bridgehead atoms. The van der Waals surface area contributed by atoms with Gasteiger partial charge < -0.3 is 16.0 Å². The Bertz CT molecular complexity index is 353. The van der Waals surface area contributed by atoms with E-state index >= 15 is 0 Å². The van der Waals surface area contributed by atoms with Crippen LogP contribution < -0.4 is 11.1 Å². The van der Waals surface area contributed by atoms with Crippen LogP contribution in [0.1, 0.15) is 32.1 Å². The predicted molar refractivity (Wildman–Crippen MR) is 81.1 cm³/mol. The predicted octanol–water partition coefficient (Wildman–Crippen LogP) is 1.47. The third-order valence-corrected chi connectivity index (χ3v) is 4.88. The van der Waals surface area contributed by atoms with Crippen LogP contribution in [-0.4, -0.2) is 40.9 Å². The molecule has 0 aromatic carbocycles. The molecule has 0 aromatic heterocycles. The van der Waals surface area contributed by atoms with Crippen molar-refractivity contribution in [1.29, 1.82) is 0 Å². The first-order valence-electron chi connectivity index (χ1n) is 7.01. The standard InChI is InChI=1S/C13H22ClN3OS/c14-5-7-17-6-4-9-2-1-3-10(8-11(15)18)12(9)16-13(17)19/h9-10,12H,1-8H2,(H2,15,18)(H,16,19). The third-order valence-electron chi connectivity index (χ3n) is 4.33. The number of nitrogens with one attached hydrogen (secondary N) is 1. The summed E-state index contributed by atoms with van der Waals surface area (Å²) in [6.45, 7) is 1.75. The Morgan fingerprint density at radius 2 is 2.26 bits per heavy atom. The minimum absolute atomic E-state index is 0.208. The number of hydrogen-bond donors (Lipinski definition) is 2. The number of amides is 1. The fourth-order valence-corrected chi connectivity index (χ4v) is 3.93. The van der Waals surface area contributed by atoms with Gasteiger partial charge in [0.1, 0.15) is 0 Å². The summed E-state index contributed by atoms with van der Waals surface area (Å²) in [6.07, 6.45) is 5.04. The van der Waals surface area contributed by atoms with Crippen molar-refractivity contribution in [3.63, 3.8) is 0 Å². The molecular formula is C13H22ClN3OS. The summed E-state index contributed by atoms with van der Waals surface area (Å²) in [7, 11) is 0. The topological polar surface area (TPSA) is 58.4 Å². The van der Waals surface area contributed by atoms with Gasteiger partial charge in [-0.25, -0.2) is 0 Å². The van der Waals surface area contributed by atoms with Gasteiger partial charge in [0.25, 0.3) is 0 Å². The van der Waals surface area contributed by atoms with E-state index in [-0.39, 0.29) is 5.91 Å². The van der Waals surface area contributed by atoms with E-state index in [1.165, 1.54) is 12.8 Å². The fourth-order valence-electron chi connectivity index (χ4n) is 3.41. The summed E-state index contributed by atoms with van der Waals surface area (Å²) in [5.74, 6) is 1.30. The molecule has 108 valence electrons. The van der Waals surface area contributed by atoms with Gasteiger partial charge in [0, 0.05) is 31.4 Å². The minimum Gasteiger partial charge on any atom is -0.370 e.